The molecule has 0 fully saturated rings. The number of carbonyl (C=O) groups is 1. The van der Waals surface area contributed by atoms with E-state index >= 15 is 0 Å². The van der Waals surface area contributed by atoms with Gasteiger partial charge in [-0.05, 0) is 43.2 Å². The van der Waals surface area contributed by atoms with Crippen molar-refractivity contribution in [3.05, 3.63) is 58.9 Å². The van der Waals surface area contributed by atoms with Crippen LogP contribution in [0.5, 0.6) is 0 Å². The van der Waals surface area contributed by atoms with Gasteiger partial charge in [-0.2, -0.15) is 0 Å². The number of nitrogens with two attached hydrogens (primary N) is 1. The van der Waals surface area contributed by atoms with Crippen LogP contribution in [0.3, 0.4) is 0 Å². The van der Waals surface area contributed by atoms with Gasteiger partial charge in [0.1, 0.15) is 6.61 Å². The molecule has 2 rings (SSSR count). The van der Waals surface area contributed by atoms with E-state index in [2.05, 4.69) is 4.98 Å². The maximum absolute atomic E-state index is 11.9. The highest BCUT2D eigenvalue weighted by Crippen LogP contribution is 2.14. The van der Waals surface area contributed by atoms with Gasteiger partial charge in [-0.1, -0.05) is 6.07 Å². The molecule has 4 nitrogen and oxygen atoms in total. The number of aromatic nitrogens is 1. The summed E-state index contributed by atoms with van der Waals surface area (Å²) in [6.45, 7) is 4.04. The second kappa shape index (κ2) is 5.52. The highest BCUT2D eigenvalue weighted by Gasteiger charge is 2.08. The average molecular weight is 256 g/mol. The Morgan fingerprint density at radius 1 is 1.26 bits per heavy atom. The van der Waals surface area contributed by atoms with Gasteiger partial charge in [0.25, 0.3) is 0 Å². The van der Waals surface area contributed by atoms with Gasteiger partial charge in [0.05, 0.1) is 5.56 Å². The number of ether oxygens (including phenoxy) is 1. The summed E-state index contributed by atoms with van der Waals surface area (Å²) in [5.74, 6) is -0.381. The quantitative estimate of drug-likeness (QED) is 0.677. The fourth-order valence-corrected chi connectivity index (χ4v) is 1.70. The van der Waals surface area contributed by atoms with Crippen LogP contribution in [-0.4, -0.2) is 11.0 Å². The van der Waals surface area contributed by atoms with Crippen LogP contribution in [0.15, 0.2) is 36.7 Å². The molecule has 2 N–H and O–H groups in total. The molecule has 0 saturated heterocycles. The highest BCUT2D eigenvalue weighted by atomic mass is 16.5. The number of anilines is 1. The molecule has 19 heavy (non-hydrogen) atoms. The predicted octanol–water partition coefficient (Wildman–Crippen LogP) is 2.64. The third-order valence-electron chi connectivity index (χ3n) is 2.82. The summed E-state index contributed by atoms with van der Waals surface area (Å²) < 4.78 is 5.23. The van der Waals surface area contributed by atoms with Crippen molar-refractivity contribution in [3.63, 3.8) is 0 Å². The molecular weight excluding hydrogens is 240 g/mol. The van der Waals surface area contributed by atoms with Crippen LogP contribution >= 0.6 is 0 Å². The molecule has 1 aromatic carbocycles. The Labute approximate surface area is 112 Å². The van der Waals surface area contributed by atoms with Gasteiger partial charge in [0.2, 0.25) is 0 Å². The van der Waals surface area contributed by atoms with Crippen LogP contribution in [0.1, 0.15) is 27.0 Å². The molecule has 98 valence electrons. The van der Waals surface area contributed by atoms with E-state index < -0.39 is 0 Å². The molecule has 0 aliphatic heterocycles. The second-order valence-corrected chi connectivity index (χ2v) is 4.52. The van der Waals surface area contributed by atoms with Crippen LogP contribution in [0.25, 0.3) is 0 Å². The largest absolute Gasteiger partial charge is 0.457 e. The maximum Gasteiger partial charge on any atom is 0.338 e. The number of nitrogens with zero attached hydrogens (tertiary/aromatic N) is 1. The van der Waals surface area contributed by atoms with E-state index in [-0.39, 0.29) is 12.6 Å². The Kier molecular flexibility index (Phi) is 3.80. The molecule has 0 saturated carbocycles. The number of hydrogen-bond donors (Lipinski definition) is 1. The smallest absolute Gasteiger partial charge is 0.338 e. The number of aryl methyl sites for hydroxylation is 2. The standard InChI is InChI=1S/C15H16N2O2/c1-10-5-12(8-17-7-10)9-19-15(18)13-4-3-11(2)14(16)6-13/h3-8H,9,16H2,1-2H3. The van der Waals surface area contributed by atoms with E-state index in [0.29, 0.717) is 11.3 Å². The molecule has 1 heterocycles. The van der Waals surface area contributed by atoms with E-state index in [0.717, 1.165) is 16.7 Å². The maximum atomic E-state index is 11.9. The molecule has 0 aliphatic rings. The van der Waals surface area contributed by atoms with Crippen molar-refractivity contribution < 1.29 is 9.53 Å². The first kappa shape index (κ1) is 13.1. The van der Waals surface area contributed by atoms with Crippen molar-refractivity contribution in [2.24, 2.45) is 0 Å². The van der Waals surface area contributed by atoms with Gasteiger partial charge < -0.3 is 10.5 Å². The molecule has 0 spiro atoms. The van der Waals surface area contributed by atoms with Crippen molar-refractivity contribution >= 4 is 11.7 Å². The topological polar surface area (TPSA) is 65.2 Å². The van der Waals surface area contributed by atoms with Gasteiger partial charge >= 0.3 is 5.97 Å². The number of benzene rings is 1. The normalized spacial score (nSPS) is 10.2. The lowest BCUT2D eigenvalue weighted by atomic mass is 10.1. The average Bonchev–Trinajstić information content (AvgIpc) is 2.39. The van der Waals surface area contributed by atoms with Crippen molar-refractivity contribution in [2.45, 2.75) is 20.5 Å². The number of hydrogen-bond acceptors (Lipinski definition) is 4. The number of esters is 1. The molecule has 2 aromatic rings. The Morgan fingerprint density at radius 2 is 2.05 bits per heavy atom. The summed E-state index contributed by atoms with van der Waals surface area (Å²) in [5.41, 5.74) is 9.67. The van der Waals surface area contributed by atoms with Crippen LogP contribution in [0.2, 0.25) is 0 Å². The number of pyridine rings is 1. The molecular formula is C15H16N2O2. The van der Waals surface area contributed by atoms with E-state index in [1.165, 1.54) is 0 Å². The minimum Gasteiger partial charge on any atom is -0.457 e. The molecule has 0 aliphatic carbocycles. The number of nitrogen functional groups attached to an aromatic ring is 1. The van der Waals surface area contributed by atoms with Gasteiger partial charge in [0.15, 0.2) is 0 Å². The highest BCUT2D eigenvalue weighted by molar-refractivity contribution is 5.90. The lowest BCUT2D eigenvalue weighted by molar-refractivity contribution is 0.0472. The summed E-state index contributed by atoms with van der Waals surface area (Å²) >= 11 is 0. The number of carbonyl (C=O) groups excluding carboxylic acids is 1. The third kappa shape index (κ3) is 3.31. The summed E-state index contributed by atoms with van der Waals surface area (Å²) in [4.78, 5) is 15.9. The molecule has 0 radical (unpaired) electrons. The lowest BCUT2D eigenvalue weighted by Gasteiger charge is -2.07. The van der Waals surface area contributed by atoms with Gasteiger partial charge in [-0.3, -0.25) is 4.98 Å². The minimum absolute atomic E-state index is 0.210. The predicted molar refractivity (Wildman–Crippen MR) is 73.7 cm³/mol. The minimum atomic E-state index is -0.381. The van der Waals surface area contributed by atoms with Gasteiger partial charge in [0, 0.05) is 23.6 Å². The van der Waals surface area contributed by atoms with E-state index in [1.54, 1.807) is 30.6 Å². The number of rotatable bonds is 3. The van der Waals surface area contributed by atoms with Crippen LogP contribution in [0.4, 0.5) is 5.69 Å². The zero-order chi connectivity index (χ0) is 13.8. The van der Waals surface area contributed by atoms with Crippen molar-refractivity contribution in [3.8, 4) is 0 Å². The fourth-order valence-electron chi connectivity index (χ4n) is 1.70. The fraction of sp³-hybridized carbons (Fsp3) is 0.200. The summed E-state index contributed by atoms with van der Waals surface area (Å²) in [6, 6.07) is 7.08. The monoisotopic (exact) mass is 256 g/mol. The van der Waals surface area contributed by atoms with Crippen LogP contribution in [0, 0.1) is 13.8 Å². The Balaban J connectivity index is 2.03. The first-order valence-corrected chi connectivity index (χ1v) is 6.00. The van der Waals surface area contributed by atoms with Crippen molar-refractivity contribution in [1.29, 1.82) is 0 Å². The van der Waals surface area contributed by atoms with Crippen LogP contribution < -0.4 is 5.73 Å². The van der Waals surface area contributed by atoms with Crippen LogP contribution in [-0.2, 0) is 11.3 Å². The molecule has 1 aromatic heterocycles. The summed E-state index contributed by atoms with van der Waals surface area (Å²) in [7, 11) is 0. The van der Waals surface area contributed by atoms with E-state index in [1.807, 2.05) is 19.9 Å². The summed E-state index contributed by atoms with van der Waals surface area (Å²) in [6.07, 6.45) is 3.44. The molecule has 4 heteroatoms. The van der Waals surface area contributed by atoms with Gasteiger partial charge in [-0.15, -0.1) is 0 Å². The molecule has 0 amide bonds. The summed E-state index contributed by atoms with van der Waals surface area (Å²) in [5, 5.41) is 0. The second-order valence-electron chi connectivity index (χ2n) is 4.52. The van der Waals surface area contributed by atoms with Crippen molar-refractivity contribution in [1.82, 2.24) is 4.98 Å². The lowest BCUT2D eigenvalue weighted by Crippen LogP contribution is -2.06. The molecule has 0 bridgehead atoms. The molecule has 0 unspecified atom stereocenters. The Bertz CT molecular complexity index is 609. The first-order valence-electron chi connectivity index (χ1n) is 6.00. The Hall–Kier alpha value is -2.36. The zero-order valence-electron chi connectivity index (χ0n) is 11.0. The first-order chi connectivity index (χ1) is 9.06. The SMILES string of the molecule is Cc1cncc(COC(=O)c2ccc(C)c(N)c2)c1. The van der Waals surface area contributed by atoms with Gasteiger partial charge in [-0.25, -0.2) is 4.79 Å². The van der Waals surface area contributed by atoms with E-state index in [9.17, 15) is 4.79 Å². The van der Waals surface area contributed by atoms with E-state index in [4.69, 9.17) is 10.5 Å². The third-order valence-corrected chi connectivity index (χ3v) is 2.82. The molecule has 0 atom stereocenters. The zero-order valence-corrected chi connectivity index (χ0v) is 11.0. The van der Waals surface area contributed by atoms with Crippen molar-refractivity contribution in [2.75, 3.05) is 5.73 Å². The Morgan fingerprint density at radius 3 is 2.74 bits per heavy atom.